The van der Waals surface area contributed by atoms with Gasteiger partial charge in [-0.1, -0.05) is 6.92 Å². The van der Waals surface area contributed by atoms with E-state index < -0.39 is 0 Å². The van der Waals surface area contributed by atoms with E-state index in [4.69, 9.17) is 4.74 Å². The van der Waals surface area contributed by atoms with Gasteiger partial charge in [0.1, 0.15) is 17.0 Å². The van der Waals surface area contributed by atoms with Crippen molar-refractivity contribution in [2.45, 2.75) is 38.8 Å². The SMILES string of the molecule is CCc1cc2c(N3CCOCC3CC(C)O)ncnc2s1. The first-order valence-electron chi connectivity index (χ1n) is 7.45. The first-order valence-corrected chi connectivity index (χ1v) is 8.26. The molecule has 2 aromatic rings. The molecule has 0 saturated carbocycles. The van der Waals surface area contributed by atoms with Crippen LogP contribution in [0.5, 0.6) is 0 Å². The van der Waals surface area contributed by atoms with Gasteiger partial charge in [-0.3, -0.25) is 0 Å². The van der Waals surface area contributed by atoms with Gasteiger partial charge < -0.3 is 14.7 Å². The molecule has 0 bridgehead atoms. The molecule has 3 rings (SSSR count). The Morgan fingerprint density at radius 2 is 2.38 bits per heavy atom. The van der Waals surface area contributed by atoms with Crippen molar-refractivity contribution in [3.05, 3.63) is 17.3 Å². The number of rotatable bonds is 4. The zero-order valence-corrected chi connectivity index (χ0v) is 13.3. The smallest absolute Gasteiger partial charge is 0.141 e. The third-order valence-corrected chi connectivity index (χ3v) is 5.01. The molecular weight excluding hydrogens is 286 g/mol. The molecule has 1 aliphatic rings. The summed E-state index contributed by atoms with van der Waals surface area (Å²) in [6.07, 6.45) is 3.00. The van der Waals surface area contributed by atoms with Crippen LogP contribution in [0.4, 0.5) is 5.82 Å². The Labute approximate surface area is 128 Å². The van der Waals surface area contributed by atoms with Crippen molar-refractivity contribution in [2.75, 3.05) is 24.7 Å². The summed E-state index contributed by atoms with van der Waals surface area (Å²) in [5.41, 5.74) is 0. The van der Waals surface area contributed by atoms with E-state index in [1.165, 1.54) is 4.88 Å². The molecule has 0 radical (unpaired) electrons. The van der Waals surface area contributed by atoms with Gasteiger partial charge in [0.25, 0.3) is 0 Å². The van der Waals surface area contributed by atoms with Crippen LogP contribution in [-0.2, 0) is 11.2 Å². The van der Waals surface area contributed by atoms with Crippen LogP contribution in [0.1, 0.15) is 25.1 Å². The third-order valence-electron chi connectivity index (χ3n) is 3.82. The molecule has 1 aliphatic heterocycles. The van der Waals surface area contributed by atoms with Crippen molar-refractivity contribution >= 4 is 27.4 Å². The fourth-order valence-electron chi connectivity index (χ4n) is 2.82. The summed E-state index contributed by atoms with van der Waals surface area (Å²) < 4.78 is 5.58. The molecule has 21 heavy (non-hydrogen) atoms. The molecule has 5 nitrogen and oxygen atoms in total. The number of aromatic nitrogens is 2. The van der Waals surface area contributed by atoms with Crippen LogP contribution in [0.3, 0.4) is 0 Å². The first kappa shape index (κ1) is 14.7. The van der Waals surface area contributed by atoms with Crippen LogP contribution in [0.15, 0.2) is 12.4 Å². The highest BCUT2D eigenvalue weighted by Crippen LogP contribution is 2.32. The van der Waals surface area contributed by atoms with Gasteiger partial charge in [-0.25, -0.2) is 9.97 Å². The molecule has 3 heterocycles. The number of morpholine rings is 1. The second-order valence-electron chi connectivity index (χ2n) is 5.49. The van der Waals surface area contributed by atoms with Gasteiger partial charge >= 0.3 is 0 Å². The molecule has 2 atom stereocenters. The molecule has 0 spiro atoms. The maximum absolute atomic E-state index is 9.71. The number of hydrogen-bond donors (Lipinski definition) is 1. The Balaban J connectivity index is 1.98. The molecule has 2 aromatic heterocycles. The van der Waals surface area contributed by atoms with Gasteiger partial charge in [-0.15, -0.1) is 11.3 Å². The zero-order valence-electron chi connectivity index (χ0n) is 12.5. The number of nitrogens with zero attached hydrogens (tertiary/aromatic N) is 3. The topological polar surface area (TPSA) is 58.5 Å². The fraction of sp³-hybridized carbons (Fsp3) is 0.600. The van der Waals surface area contributed by atoms with E-state index in [2.05, 4.69) is 27.9 Å². The third kappa shape index (κ3) is 3.02. The number of anilines is 1. The lowest BCUT2D eigenvalue weighted by Gasteiger charge is -2.37. The lowest BCUT2D eigenvalue weighted by molar-refractivity contribution is 0.0719. The Morgan fingerprint density at radius 1 is 1.52 bits per heavy atom. The van der Waals surface area contributed by atoms with E-state index in [1.54, 1.807) is 17.7 Å². The number of hydrogen-bond acceptors (Lipinski definition) is 6. The van der Waals surface area contributed by atoms with E-state index in [0.717, 1.165) is 29.0 Å². The molecule has 0 aliphatic carbocycles. The summed E-state index contributed by atoms with van der Waals surface area (Å²) in [5, 5.41) is 10.8. The summed E-state index contributed by atoms with van der Waals surface area (Å²) in [5.74, 6) is 0.977. The molecule has 114 valence electrons. The molecule has 6 heteroatoms. The van der Waals surface area contributed by atoms with E-state index in [1.807, 2.05) is 6.92 Å². The molecule has 1 saturated heterocycles. The number of thiophene rings is 1. The van der Waals surface area contributed by atoms with Crippen molar-refractivity contribution in [3.63, 3.8) is 0 Å². The van der Waals surface area contributed by atoms with Gasteiger partial charge in [0.15, 0.2) is 0 Å². The van der Waals surface area contributed by atoms with Gasteiger partial charge in [-0.05, 0) is 25.8 Å². The summed E-state index contributed by atoms with van der Waals surface area (Å²) in [6.45, 7) is 6.12. The lowest BCUT2D eigenvalue weighted by atomic mass is 10.1. The van der Waals surface area contributed by atoms with E-state index in [9.17, 15) is 5.11 Å². The number of aliphatic hydroxyl groups is 1. The van der Waals surface area contributed by atoms with E-state index >= 15 is 0 Å². The monoisotopic (exact) mass is 307 g/mol. The van der Waals surface area contributed by atoms with Crippen molar-refractivity contribution in [3.8, 4) is 0 Å². The Hall–Kier alpha value is -1.24. The minimum absolute atomic E-state index is 0.168. The first-order chi connectivity index (χ1) is 10.2. The van der Waals surface area contributed by atoms with Crippen molar-refractivity contribution in [1.29, 1.82) is 0 Å². The van der Waals surface area contributed by atoms with Crippen molar-refractivity contribution in [2.24, 2.45) is 0 Å². The molecule has 1 fully saturated rings. The Kier molecular flexibility index (Phi) is 4.37. The zero-order chi connectivity index (χ0) is 14.8. The number of fused-ring (bicyclic) bond motifs is 1. The Bertz CT molecular complexity index is 614. The van der Waals surface area contributed by atoms with Gasteiger partial charge in [-0.2, -0.15) is 0 Å². The van der Waals surface area contributed by atoms with Crippen molar-refractivity contribution < 1.29 is 9.84 Å². The largest absolute Gasteiger partial charge is 0.393 e. The lowest BCUT2D eigenvalue weighted by Crippen LogP contribution is -2.47. The minimum Gasteiger partial charge on any atom is -0.393 e. The number of ether oxygens (including phenoxy) is 1. The second kappa shape index (κ2) is 6.25. The average molecular weight is 307 g/mol. The van der Waals surface area contributed by atoms with Gasteiger partial charge in [0, 0.05) is 11.4 Å². The molecule has 0 aromatic carbocycles. The molecular formula is C15H21N3O2S. The highest BCUT2D eigenvalue weighted by Gasteiger charge is 2.27. The van der Waals surface area contributed by atoms with Crippen LogP contribution >= 0.6 is 11.3 Å². The highest BCUT2D eigenvalue weighted by atomic mass is 32.1. The maximum atomic E-state index is 9.71. The maximum Gasteiger partial charge on any atom is 0.141 e. The van der Waals surface area contributed by atoms with E-state index in [0.29, 0.717) is 19.6 Å². The summed E-state index contributed by atoms with van der Waals surface area (Å²) in [4.78, 5) is 13.5. The number of aliphatic hydroxyl groups excluding tert-OH is 1. The predicted octanol–water partition coefficient (Wildman–Crippen LogP) is 2.23. The molecule has 2 unspecified atom stereocenters. The van der Waals surface area contributed by atoms with Crippen LogP contribution in [0, 0.1) is 0 Å². The van der Waals surface area contributed by atoms with Crippen LogP contribution in [0.25, 0.3) is 10.2 Å². The summed E-state index contributed by atoms with van der Waals surface area (Å²) >= 11 is 1.73. The van der Waals surface area contributed by atoms with E-state index in [-0.39, 0.29) is 12.1 Å². The second-order valence-corrected chi connectivity index (χ2v) is 6.60. The summed E-state index contributed by atoms with van der Waals surface area (Å²) in [6, 6.07) is 2.37. The van der Waals surface area contributed by atoms with Crippen LogP contribution < -0.4 is 4.90 Å². The molecule has 1 N–H and O–H groups in total. The minimum atomic E-state index is -0.342. The molecule has 0 amide bonds. The fourth-order valence-corrected chi connectivity index (χ4v) is 3.75. The Morgan fingerprint density at radius 3 is 3.14 bits per heavy atom. The highest BCUT2D eigenvalue weighted by molar-refractivity contribution is 7.18. The van der Waals surface area contributed by atoms with Crippen LogP contribution in [0.2, 0.25) is 0 Å². The van der Waals surface area contributed by atoms with Gasteiger partial charge in [0.05, 0.1) is 30.7 Å². The predicted molar refractivity (Wildman–Crippen MR) is 85.0 cm³/mol. The number of aryl methyl sites for hydroxylation is 1. The normalized spacial score (nSPS) is 20.9. The standard InChI is InChI=1S/C15H21N3O2S/c1-3-12-7-13-14(16-9-17-15(13)21-12)18-4-5-20-8-11(18)6-10(2)19/h7,9-11,19H,3-6,8H2,1-2H3. The van der Waals surface area contributed by atoms with Gasteiger partial charge in [0.2, 0.25) is 0 Å². The average Bonchev–Trinajstić information content (AvgIpc) is 2.90. The van der Waals surface area contributed by atoms with Crippen molar-refractivity contribution in [1.82, 2.24) is 9.97 Å². The van der Waals surface area contributed by atoms with Crippen LogP contribution in [-0.4, -0.2) is 47.0 Å². The summed E-state index contributed by atoms with van der Waals surface area (Å²) in [7, 11) is 0. The quantitative estimate of drug-likeness (QED) is 0.938.